The fourth-order valence-corrected chi connectivity index (χ4v) is 5.12. The third kappa shape index (κ3) is 3.88. The number of ether oxygens (including phenoxy) is 2. The third-order valence-electron chi connectivity index (χ3n) is 5.48. The van der Waals surface area contributed by atoms with Crippen molar-refractivity contribution in [3.63, 3.8) is 0 Å². The molecule has 29 heavy (non-hydrogen) atoms. The Hall–Kier alpha value is -2.40. The van der Waals surface area contributed by atoms with Crippen molar-refractivity contribution in [3.8, 4) is 5.88 Å². The molecule has 0 aromatic carbocycles. The first kappa shape index (κ1) is 19.9. The van der Waals surface area contributed by atoms with Crippen LogP contribution in [0.5, 0.6) is 5.88 Å². The molecule has 10 nitrogen and oxygen atoms in total. The van der Waals surface area contributed by atoms with Gasteiger partial charge in [-0.15, -0.1) is 0 Å². The van der Waals surface area contributed by atoms with Crippen LogP contribution in [0.4, 0.5) is 5.69 Å². The van der Waals surface area contributed by atoms with Gasteiger partial charge in [0.1, 0.15) is 11.4 Å². The van der Waals surface area contributed by atoms with E-state index in [-0.39, 0.29) is 24.1 Å². The van der Waals surface area contributed by atoms with E-state index in [0.717, 1.165) is 23.4 Å². The topological polar surface area (TPSA) is 132 Å². The van der Waals surface area contributed by atoms with Crippen LogP contribution in [-0.4, -0.2) is 80.7 Å². The van der Waals surface area contributed by atoms with Crippen molar-refractivity contribution in [3.05, 3.63) is 17.8 Å². The summed E-state index contributed by atoms with van der Waals surface area (Å²) in [7, 11) is -2.13. The largest absolute Gasteiger partial charge is 0.476 e. The summed E-state index contributed by atoms with van der Waals surface area (Å²) in [5.41, 5.74) is 6.02. The van der Waals surface area contributed by atoms with Crippen LogP contribution in [0.25, 0.3) is 0 Å². The molecule has 1 aromatic rings. The number of methoxy groups -OCH3 is 1. The quantitative estimate of drug-likeness (QED) is 0.613. The van der Waals surface area contributed by atoms with E-state index in [9.17, 15) is 18.0 Å². The number of anilines is 1. The summed E-state index contributed by atoms with van der Waals surface area (Å²) in [4.78, 5) is 31.9. The third-order valence-corrected chi connectivity index (χ3v) is 7.40. The van der Waals surface area contributed by atoms with E-state index in [4.69, 9.17) is 15.2 Å². The van der Waals surface area contributed by atoms with E-state index in [2.05, 4.69) is 4.98 Å². The summed E-state index contributed by atoms with van der Waals surface area (Å²) in [5.74, 6) is -1.20. The molecule has 1 aliphatic carbocycles. The van der Waals surface area contributed by atoms with Crippen LogP contribution < -0.4 is 15.4 Å². The maximum Gasteiger partial charge on any atom is 0.274 e. The van der Waals surface area contributed by atoms with Crippen molar-refractivity contribution in [2.45, 2.75) is 24.3 Å². The summed E-state index contributed by atoms with van der Waals surface area (Å²) >= 11 is 0. The van der Waals surface area contributed by atoms with Crippen LogP contribution in [0.1, 0.15) is 23.3 Å². The highest BCUT2D eigenvalue weighted by molar-refractivity contribution is 7.93. The molecule has 0 radical (unpaired) electrons. The average molecular weight is 424 g/mol. The highest BCUT2D eigenvalue weighted by atomic mass is 32.2. The second kappa shape index (κ2) is 7.45. The second-order valence-corrected chi connectivity index (χ2v) is 9.84. The first-order valence-corrected chi connectivity index (χ1v) is 11.2. The fraction of sp³-hybridized carbons (Fsp3) is 0.611. The molecule has 3 fully saturated rings. The molecule has 2 amide bonds. The van der Waals surface area contributed by atoms with Gasteiger partial charge in [0.25, 0.3) is 11.8 Å². The highest BCUT2D eigenvalue weighted by Crippen LogP contribution is 2.34. The molecule has 1 aromatic heterocycles. The zero-order chi connectivity index (χ0) is 20.8. The van der Waals surface area contributed by atoms with Crippen molar-refractivity contribution in [2.24, 2.45) is 11.7 Å². The first-order valence-electron chi connectivity index (χ1n) is 9.53. The SMILES string of the molecule is COC1CN(c2ccc(C(=O)N3CCS(=O)(=O)C3C(N)=O)nc2OCC2CC2)C1. The lowest BCUT2D eigenvalue weighted by Gasteiger charge is -2.40. The molecular weight excluding hydrogens is 400 g/mol. The minimum atomic E-state index is -3.79. The van der Waals surface area contributed by atoms with Crippen molar-refractivity contribution in [1.29, 1.82) is 0 Å². The number of carbonyl (C=O) groups excluding carboxylic acids is 2. The van der Waals surface area contributed by atoms with Gasteiger partial charge in [-0.1, -0.05) is 0 Å². The van der Waals surface area contributed by atoms with E-state index in [1.165, 1.54) is 6.07 Å². The van der Waals surface area contributed by atoms with Gasteiger partial charge in [0.2, 0.25) is 11.3 Å². The lowest BCUT2D eigenvalue weighted by molar-refractivity contribution is -0.119. The number of rotatable bonds is 7. The Morgan fingerprint density at radius 1 is 1.28 bits per heavy atom. The Kier molecular flexibility index (Phi) is 5.11. The van der Waals surface area contributed by atoms with E-state index in [1.54, 1.807) is 13.2 Å². The summed E-state index contributed by atoms with van der Waals surface area (Å²) in [6.45, 7) is 1.80. The van der Waals surface area contributed by atoms with Gasteiger partial charge in [0, 0.05) is 26.7 Å². The van der Waals surface area contributed by atoms with Gasteiger partial charge >= 0.3 is 0 Å². The number of aromatic nitrogens is 1. The summed E-state index contributed by atoms with van der Waals surface area (Å²) in [6.07, 6.45) is 2.35. The maximum absolute atomic E-state index is 12.9. The number of pyridine rings is 1. The molecule has 0 spiro atoms. The monoisotopic (exact) mass is 424 g/mol. The number of primary amides is 1. The molecule has 1 saturated carbocycles. The minimum Gasteiger partial charge on any atom is -0.476 e. The van der Waals surface area contributed by atoms with Gasteiger partial charge in [-0.25, -0.2) is 13.4 Å². The van der Waals surface area contributed by atoms with Crippen LogP contribution >= 0.6 is 0 Å². The Balaban J connectivity index is 1.59. The van der Waals surface area contributed by atoms with Gasteiger partial charge in [0.15, 0.2) is 9.84 Å². The number of nitrogens with two attached hydrogens (primary N) is 1. The molecular formula is C18H24N4O6S. The van der Waals surface area contributed by atoms with Gasteiger partial charge in [0.05, 0.1) is 18.5 Å². The molecule has 0 bridgehead atoms. The van der Waals surface area contributed by atoms with Gasteiger partial charge in [-0.2, -0.15) is 0 Å². The lowest BCUT2D eigenvalue weighted by atomic mass is 10.1. The van der Waals surface area contributed by atoms with Gasteiger partial charge < -0.3 is 25.0 Å². The standard InChI is InChI=1S/C18H24N4O6S/c1-27-12-8-21(9-12)14-5-4-13(20-16(14)28-10-11-2-3-11)17(24)22-6-7-29(25,26)18(22)15(19)23/h4-5,11-12,18H,2-3,6-10H2,1H3,(H2,19,23). The molecule has 11 heteroatoms. The lowest BCUT2D eigenvalue weighted by Crippen LogP contribution is -2.52. The molecule has 1 atom stereocenters. The number of hydrogen-bond acceptors (Lipinski definition) is 8. The van der Waals surface area contributed by atoms with E-state index < -0.39 is 27.0 Å². The van der Waals surface area contributed by atoms with Crippen molar-refractivity contribution >= 4 is 27.3 Å². The molecule has 4 rings (SSSR count). The number of nitrogens with zero attached hydrogens (tertiary/aromatic N) is 3. The Labute approximate surface area is 168 Å². The molecule has 158 valence electrons. The predicted octanol–water partition coefficient (Wildman–Crippen LogP) is -0.613. The van der Waals surface area contributed by atoms with Crippen molar-refractivity contribution in [1.82, 2.24) is 9.88 Å². The van der Waals surface area contributed by atoms with Gasteiger partial charge in [-0.3, -0.25) is 9.59 Å². The number of carbonyl (C=O) groups is 2. The zero-order valence-corrected chi connectivity index (χ0v) is 16.9. The van der Waals surface area contributed by atoms with E-state index in [1.807, 2.05) is 4.90 Å². The zero-order valence-electron chi connectivity index (χ0n) is 16.1. The van der Waals surface area contributed by atoms with Crippen molar-refractivity contribution in [2.75, 3.05) is 44.0 Å². The summed E-state index contributed by atoms with van der Waals surface area (Å²) in [5, 5.41) is -1.66. The molecule has 2 saturated heterocycles. The van der Waals surface area contributed by atoms with E-state index in [0.29, 0.717) is 31.5 Å². The number of hydrogen-bond donors (Lipinski definition) is 1. The van der Waals surface area contributed by atoms with Gasteiger partial charge in [-0.05, 0) is 30.9 Å². The van der Waals surface area contributed by atoms with Crippen molar-refractivity contribution < 1.29 is 27.5 Å². The Bertz CT molecular complexity index is 926. The fourth-order valence-electron chi connectivity index (χ4n) is 3.50. The van der Waals surface area contributed by atoms with E-state index >= 15 is 0 Å². The minimum absolute atomic E-state index is 0.0201. The molecule has 2 aliphatic heterocycles. The average Bonchev–Trinajstić information content (AvgIpc) is 3.41. The normalized spacial score (nSPS) is 23.7. The number of sulfone groups is 1. The second-order valence-electron chi connectivity index (χ2n) is 7.66. The first-order chi connectivity index (χ1) is 13.8. The smallest absolute Gasteiger partial charge is 0.274 e. The van der Waals surface area contributed by atoms with Crippen LogP contribution in [0.3, 0.4) is 0 Å². The summed E-state index contributed by atoms with van der Waals surface area (Å²) < 4.78 is 35.4. The molecule has 1 unspecified atom stereocenters. The number of amides is 2. The van der Waals surface area contributed by atoms with Crippen LogP contribution in [0, 0.1) is 5.92 Å². The highest BCUT2D eigenvalue weighted by Gasteiger charge is 2.45. The Morgan fingerprint density at radius 3 is 2.62 bits per heavy atom. The molecule has 2 N–H and O–H groups in total. The molecule has 3 heterocycles. The Morgan fingerprint density at radius 2 is 2.00 bits per heavy atom. The summed E-state index contributed by atoms with van der Waals surface area (Å²) in [6, 6.07) is 3.25. The molecule has 3 aliphatic rings. The maximum atomic E-state index is 12.9. The predicted molar refractivity (Wildman–Crippen MR) is 103 cm³/mol. The van der Waals surface area contributed by atoms with Crippen LogP contribution in [0.15, 0.2) is 12.1 Å². The van der Waals surface area contributed by atoms with Crippen LogP contribution in [-0.2, 0) is 19.4 Å². The van der Waals surface area contributed by atoms with Crippen LogP contribution in [0.2, 0.25) is 0 Å².